The van der Waals surface area contributed by atoms with Crippen molar-refractivity contribution >= 4 is 60.5 Å². The van der Waals surface area contributed by atoms with Crippen molar-refractivity contribution in [3.05, 3.63) is 65.4 Å². The first-order valence-electron chi connectivity index (χ1n) is 7.93. The zero-order valence-corrected chi connectivity index (χ0v) is 16.6. The Morgan fingerprint density at radius 2 is 1.93 bits per heavy atom. The van der Waals surface area contributed by atoms with Crippen LogP contribution in [0.2, 0.25) is 0 Å². The highest BCUT2D eigenvalue weighted by Gasteiger charge is 2.15. The molecule has 0 spiro atoms. The van der Waals surface area contributed by atoms with E-state index in [1.165, 1.54) is 59.2 Å². The molecule has 0 atom stereocenters. The van der Waals surface area contributed by atoms with Gasteiger partial charge >= 0.3 is 0 Å². The number of thiazole rings is 2. The molecular formula is C17H13N5O3S3. The van der Waals surface area contributed by atoms with E-state index in [1.807, 2.05) is 16.0 Å². The summed E-state index contributed by atoms with van der Waals surface area (Å²) in [7, 11) is -3.72. The molecule has 3 heterocycles. The monoisotopic (exact) mass is 431 g/mol. The van der Waals surface area contributed by atoms with Gasteiger partial charge in [0.15, 0.2) is 10.1 Å². The van der Waals surface area contributed by atoms with Crippen molar-refractivity contribution in [2.75, 3.05) is 10.0 Å². The summed E-state index contributed by atoms with van der Waals surface area (Å²) in [6, 6.07) is 5.89. The quantitative estimate of drug-likeness (QED) is 0.456. The predicted molar refractivity (Wildman–Crippen MR) is 110 cm³/mol. The minimum Gasteiger partial charge on any atom is -0.323 e. The lowest BCUT2D eigenvalue weighted by molar-refractivity contribution is -0.111. The average molecular weight is 432 g/mol. The molecule has 2 N–H and O–H groups in total. The smallest absolute Gasteiger partial charge is 0.263 e. The second kappa shape index (κ2) is 7.54. The largest absolute Gasteiger partial charge is 0.323 e. The van der Waals surface area contributed by atoms with Crippen molar-refractivity contribution in [1.29, 1.82) is 0 Å². The summed E-state index contributed by atoms with van der Waals surface area (Å²) in [6.07, 6.45) is 8.14. The Morgan fingerprint density at radius 3 is 2.68 bits per heavy atom. The van der Waals surface area contributed by atoms with Gasteiger partial charge in [-0.15, -0.1) is 22.7 Å². The topological polar surface area (TPSA) is 105 Å². The van der Waals surface area contributed by atoms with Gasteiger partial charge in [-0.3, -0.25) is 13.9 Å². The number of rotatable bonds is 6. The first-order valence-corrected chi connectivity index (χ1v) is 11.2. The Bertz CT molecular complexity index is 1240. The van der Waals surface area contributed by atoms with Crippen molar-refractivity contribution in [2.24, 2.45) is 0 Å². The molecule has 4 aromatic rings. The third-order valence-electron chi connectivity index (χ3n) is 3.67. The Morgan fingerprint density at radius 1 is 1.11 bits per heavy atom. The van der Waals surface area contributed by atoms with Gasteiger partial charge in [0.05, 0.1) is 16.8 Å². The summed E-state index contributed by atoms with van der Waals surface area (Å²) in [5.41, 5.74) is 1.28. The Labute approximate surface area is 168 Å². The number of sulfonamides is 1. The van der Waals surface area contributed by atoms with Crippen LogP contribution in [0.3, 0.4) is 0 Å². The summed E-state index contributed by atoms with van der Waals surface area (Å²) in [5.74, 6) is -0.332. The zero-order chi connectivity index (χ0) is 19.6. The Hall–Kier alpha value is -3.02. The number of benzene rings is 1. The Kier molecular flexibility index (Phi) is 4.94. The molecule has 142 valence electrons. The highest BCUT2D eigenvalue weighted by atomic mass is 32.2. The first kappa shape index (κ1) is 18.3. The molecule has 8 nitrogen and oxygen atoms in total. The van der Waals surface area contributed by atoms with Gasteiger partial charge in [-0.05, 0) is 30.3 Å². The van der Waals surface area contributed by atoms with Gasteiger partial charge in [0.25, 0.3) is 10.0 Å². The second-order valence-electron chi connectivity index (χ2n) is 5.53. The molecular weight excluding hydrogens is 418 g/mol. The SMILES string of the molecule is O=C(/C=C/c1cnc2sccn12)Nc1ccc(S(=O)(=O)Nc2nccs2)cc1. The maximum atomic E-state index is 12.3. The molecule has 0 aliphatic heterocycles. The average Bonchev–Trinajstić information content (AvgIpc) is 3.39. The van der Waals surface area contributed by atoms with Crippen LogP contribution >= 0.6 is 22.7 Å². The van der Waals surface area contributed by atoms with E-state index in [-0.39, 0.29) is 10.8 Å². The maximum Gasteiger partial charge on any atom is 0.263 e. The highest BCUT2D eigenvalue weighted by molar-refractivity contribution is 7.93. The number of carbonyl (C=O) groups is 1. The van der Waals surface area contributed by atoms with Crippen LogP contribution in [0.5, 0.6) is 0 Å². The minimum atomic E-state index is -3.72. The number of hydrogen-bond donors (Lipinski definition) is 2. The standard InChI is InChI=1S/C17H13N5O3S3/c23-15(6-3-13-11-19-17-22(13)8-10-27-17)20-12-1-4-14(5-2-12)28(24,25)21-16-18-7-9-26-16/h1-11H,(H,18,21)(H,20,23)/b6-3+. The van der Waals surface area contributed by atoms with Crippen molar-refractivity contribution < 1.29 is 13.2 Å². The molecule has 28 heavy (non-hydrogen) atoms. The molecule has 0 bridgehead atoms. The van der Waals surface area contributed by atoms with Gasteiger partial charge in [0.1, 0.15) is 0 Å². The molecule has 0 saturated carbocycles. The number of imidazole rings is 1. The van der Waals surface area contributed by atoms with Crippen LogP contribution in [-0.2, 0) is 14.8 Å². The van der Waals surface area contributed by atoms with Gasteiger partial charge in [0.2, 0.25) is 5.91 Å². The fraction of sp³-hybridized carbons (Fsp3) is 0. The lowest BCUT2D eigenvalue weighted by Crippen LogP contribution is -2.13. The normalized spacial score (nSPS) is 11.9. The fourth-order valence-corrected chi connectivity index (χ4v) is 4.87. The number of aromatic nitrogens is 3. The fourth-order valence-electron chi connectivity index (χ4n) is 2.38. The molecule has 11 heteroatoms. The van der Waals surface area contributed by atoms with Crippen molar-refractivity contribution in [3.8, 4) is 0 Å². The molecule has 0 aliphatic rings. The minimum absolute atomic E-state index is 0.0790. The number of hydrogen-bond acceptors (Lipinski definition) is 7. The van der Waals surface area contributed by atoms with Crippen molar-refractivity contribution in [3.63, 3.8) is 0 Å². The maximum absolute atomic E-state index is 12.3. The molecule has 0 fully saturated rings. The van der Waals surface area contributed by atoms with Crippen LogP contribution < -0.4 is 10.0 Å². The molecule has 0 saturated heterocycles. The lowest BCUT2D eigenvalue weighted by Gasteiger charge is -2.07. The molecule has 0 radical (unpaired) electrons. The van der Waals surface area contributed by atoms with E-state index in [9.17, 15) is 13.2 Å². The van der Waals surface area contributed by atoms with E-state index >= 15 is 0 Å². The van der Waals surface area contributed by atoms with E-state index in [0.29, 0.717) is 10.8 Å². The summed E-state index contributed by atoms with van der Waals surface area (Å²) in [4.78, 5) is 21.2. The van der Waals surface area contributed by atoms with Gasteiger partial charge in [-0.2, -0.15) is 0 Å². The predicted octanol–water partition coefficient (Wildman–Crippen LogP) is 3.31. The van der Waals surface area contributed by atoms with E-state index in [1.54, 1.807) is 17.7 Å². The molecule has 1 amide bonds. The zero-order valence-electron chi connectivity index (χ0n) is 14.1. The van der Waals surface area contributed by atoms with Gasteiger partial charge in [0, 0.05) is 34.9 Å². The summed E-state index contributed by atoms with van der Waals surface area (Å²) < 4.78 is 28.9. The van der Waals surface area contributed by atoms with Gasteiger partial charge in [-0.1, -0.05) is 0 Å². The third kappa shape index (κ3) is 3.96. The molecule has 0 unspecified atom stereocenters. The molecule has 3 aromatic heterocycles. The number of fused-ring (bicyclic) bond motifs is 1. The van der Waals surface area contributed by atoms with Crippen molar-refractivity contribution in [1.82, 2.24) is 14.4 Å². The van der Waals surface area contributed by atoms with E-state index in [2.05, 4.69) is 20.0 Å². The molecule has 1 aromatic carbocycles. The first-order chi connectivity index (χ1) is 13.5. The van der Waals surface area contributed by atoms with Crippen LogP contribution in [0.15, 0.2) is 64.6 Å². The Balaban J connectivity index is 1.42. The number of amides is 1. The van der Waals surface area contributed by atoms with Crippen LogP contribution in [0.1, 0.15) is 5.69 Å². The molecule has 0 aliphatic carbocycles. The van der Waals surface area contributed by atoms with Crippen LogP contribution in [0.4, 0.5) is 10.8 Å². The summed E-state index contributed by atoms with van der Waals surface area (Å²) in [5, 5.41) is 6.58. The highest BCUT2D eigenvalue weighted by Crippen LogP contribution is 2.19. The number of nitrogens with zero attached hydrogens (tertiary/aromatic N) is 3. The number of carbonyl (C=O) groups excluding carboxylic acids is 1. The van der Waals surface area contributed by atoms with Crippen LogP contribution in [0, 0.1) is 0 Å². The van der Waals surface area contributed by atoms with Crippen LogP contribution in [0.25, 0.3) is 11.0 Å². The van der Waals surface area contributed by atoms with E-state index < -0.39 is 10.0 Å². The van der Waals surface area contributed by atoms with Crippen LogP contribution in [-0.4, -0.2) is 28.7 Å². The second-order valence-corrected chi connectivity index (χ2v) is 8.98. The van der Waals surface area contributed by atoms with Gasteiger partial charge in [-0.25, -0.2) is 18.4 Å². The number of anilines is 2. The van der Waals surface area contributed by atoms with E-state index in [4.69, 9.17) is 0 Å². The number of nitrogens with one attached hydrogen (secondary N) is 2. The third-order valence-corrected chi connectivity index (χ3v) is 6.61. The van der Waals surface area contributed by atoms with Gasteiger partial charge < -0.3 is 5.32 Å². The lowest BCUT2D eigenvalue weighted by atomic mass is 10.3. The van der Waals surface area contributed by atoms with E-state index in [0.717, 1.165) is 10.7 Å². The summed E-state index contributed by atoms with van der Waals surface area (Å²) >= 11 is 2.70. The molecule has 4 rings (SSSR count). The van der Waals surface area contributed by atoms with Crippen molar-refractivity contribution in [2.45, 2.75) is 4.90 Å². The summed E-state index contributed by atoms with van der Waals surface area (Å²) in [6.45, 7) is 0.